The first-order valence-electron chi connectivity index (χ1n) is 9.14. The van der Waals surface area contributed by atoms with Gasteiger partial charge in [0.05, 0.1) is 21.6 Å². The standard InChI is InChI=1S/C20H16N6O4S/c1-2-10-24-18(28)15-8-3-4-9-16(15)25-19(24)22-23-20(25)31-12-17(27)21-13-6-5-7-14(11-13)26(29)30/h2-9,11H,1,10,12H2,(H,21,27). The number of nitro benzene ring substituents is 1. The fourth-order valence-electron chi connectivity index (χ4n) is 3.15. The summed E-state index contributed by atoms with van der Waals surface area (Å²) in [7, 11) is 0. The number of benzene rings is 2. The van der Waals surface area contributed by atoms with Crippen LogP contribution in [0.4, 0.5) is 11.4 Å². The van der Waals surface area contributed by atoms with Crippen molar-refractivity contribution < 1.29 is 9.72 Å². The molecule has 2 aromatic carbocycles. The van der Waals surface area contributed by atoms with E-state index in [-0.39, 0.29) is 29.5 Å². The highest BCUT2D eigenvalue weighted by Crippen LogP contribution is 2.22. The molecule has 4 aromatic rings. The Kier molecular flexibility index (Phi) is 5.50. The predicted octanol–water partition coefficient (Wildman–Crippen LogP) is 2.87. The monoisotopic (exact) mass is 436 g/mol. The van der Waals surface area contributed by atoms with Crippen molar-refractivity contribution in [3.63, 3.8) is 0 Å². The van der Waals surface area contributed by atoms with Gasteiger partial charge in [0.1, 0.15) is 0 Å². The molecule has 4 rings (SSSR count). The largest absolute Gasteiger partial charge is 0.325 e. The summed E-state index contributed by atoms with van der Waals surface area (Å²) in [5.74, 6) is -0.00515. The van der Waals surface area contributed by atoms with E-state index in [2.05, 4.69) is 22.1 Å². The van der Waals surface area contributed by atoms with E-state index < -0.39 is 4.92 Å². The van der Waals surface area contributed by atoms with E-state index in [0.717, 1.165) is 11.8 Å². The Hall–Kier alpha value is -3.99. The predicted molar refractivity (Wildman–Crippen MR) is 117 cm³/mol. The van der Waals surface area contributed by atoms with Gasteiger partial charge in [-0.2, -0.15) is 0 Å². The number of nitro groups is 1. The number of non-ortho nitro benzene ring substituents is 1. The number of carbonyl (C=O) groups excluding carboxylic acids is 1. The number of hydrogen-bond donors (Lipinski definition) is 1. The first-order chi connectivity index (χ1) is 15.0. The van der Waals surface area contributed by atoms with Crippen molar-refractivity contribution in [3.8, 4) is 0 Å². The Morgan fingerprint density at radius 2 is 2.03 bits per heavy atom. The molecule has 0 saturated carbocycles. The van der Waals surface area contributed by atoms with Crippen molar-refractivity contribution in [2.24, 2.45) is 0 Å². The molecule has 156 valence electrons. The van der Waals surface area contributed by atoms with Gasteiger partial charge in [-0.05, 0) is 18.2 Å². The summed E-state index contributed by atoms with van der Waals surface area (Å²) in [5, 5.41) is 22.8. The summed E-state index contributed by atoms with van der Waals surface area (Å²) in [6.07, 6.45) is 1.60. The van der Waals surface area contributed by atoms with E-state index in [4.69, 9.17) is 0 Å². The maximum absolute atomic E-state index is 12.8. The molecule has 0 unspecified atom stereocenters. The number of rotatable bonds is 7. The van der Waals surface area contributed by atoms with Crippen LogP contribution in [0, 0.1) is 10.1 Å². The van der Waals surface area contributed by atoms with Crippen LogP contribution in [0.5, 0.6) is 0 Å². The highest BCUT2D eigenvalue weighted by Gasteiger charge is 2.17. The first kappa shape index (κ1) is 20.3. The molecular weight excluding hydrogens is 420 g/mol. The smallest absolute Gasteiger partial charge is 0.271 e. The molecule has 10 nitrogen and oxygen atoms in total. The van der Waals surface area contributed by atoms with Crippen LogP contribution >= 0.6 is 11.8 Å². The number of anilines is 1. The SMILES string of the molecule is C=CCn1c(=O)c2ccccc2n2c(SCC(=O)Nc3cccc([N+](=O)[O-])c3)nnc12. The normalized spacial score (nSPS) is 11.0. The van der Waals surface area contributed by atoms with E-state index in [1.165, 1.54) is 22.8 Å². The molecule has 0 spiro atoms. The van der Waals surface area contributed by atoms with Crippen LogP contribution in [0.25, 0.3) is 16.7 Å². The van der Waals surface area contributed by atoms with E-state index in [1.807, 2.05) is 6.07 Å². The third-order valence-corrected chi connectivity index (χ3v) is 5.39. The molecule has 0 fully saturated rings. The van der Waals surface area contributed by atoms with Crippen molar-refractivity contribution in [2.45, 2.75) is 11.7 Å². The summed E-state index contributed by atoms with van der Waals surface area (Å²) in [6, 6.07) is 12.8. The molecule has 2 heterocycles. The van der Waals surface area contributed by atoms with Gasteiger partial charge in [0, 0.05) is 24.4 Å². The Labute approximate surface area is 179 Å². The summed E-state index contributed by atoms with van der Waals surface area (Å²) in [5.41, 5.74) is 0.654. The van der Waals surface area contributed by atoms with Gasteiger partial charge < -0.3 is 5.32 Å². The average molecular weight is 436 g/mol. The topological polar surface area (TPSA) is 124 Å². The zero-order chi connectivity index (χ0) is 22.0. The van der Waals surface area contributed by atoms with Gasteiger partial charge in [-0.3, -0.25) is 28.7 Å². The van der Waals surface area contributed by atoms with Crippen LogP contribution in [-0.4, -0.2) is 35.7 Å². The first-order valence-corrected chi connectivity index (χ1v) is 10.1. The van der Waals surface area contributed by atoms with Crippen LogP contribution in [0.15, 0.2) is 71.1 Å². The third kappa shape index (κ3) is 3.90. The summed E-state index contributed by atoms with van der Waals surface area (Å²) < 4.78 is 3.20. The Bertz CT molecular complexity index is 1390. The number of thioether (sulfide) groups is 1. The Balaban J connectivity index is 1.63. The van der Waals surface area contributed by atoms with E-state index in [1.54, 1.807) is 34.7 Å². The maximum atomic E-state index is 12.8. The second-order valence-corrected chi connectivity index (χ2v) is 7.43. The Morgan fingerprint density at radius 1 is 1.23 bits per heavy atom. The number of aromatic nitrogens is 4. The number of para-hydroxylation sites is 1. The minimum atomic E-state index is -0.527. The summed E-state index contributed by atoms with van der Waals surface area (Å²) >= 11 is 1.14. The average Bonchev–Trinajstić information content (AvgIpc) is 3.19. The number of carbonyl (C=O) groups is 1. The van der Waals surface area contributed by atoms with Gasteiger partial charge in [-0.25, -0.2) is 0 Å². The molecule has 0 bridgehead atoms. The highest BCUT2D eigenvalue weighted by atomic mass is 32.2. The molecule has 1 N–H and O–H groups in total. The molecule has 31 heavy (non-hydrogen) atoms. The van der Waals surface area contributed by atoms with Crippen molar-refractivity contribution in [2.75, 3.05) is 11.1 Å². The molecule has 0 aliphatic carbocycles. The van der Waals surface area contributed by atoms with E-state index in [9.17, 15) is 19.7 Å². The molecule has 0 saturated heterocycles. The minimum Gasteiger partial charge on any atom is -0.325 e. The molecule has 0 aliphatic rings. The van der Waals surface area contributed by atoms with Crippen LogP contribution in [0.1, 0.15) is 0 Å². The highest BCUT2D eigenvalue weighted by molar-refractivity contribution is 7.99. The number of nitrogens with zero attached hydrogens (tertiary/aromatic N) is 5. The van der Waals surface area contributed by atoms with Gasteiger partial charge in [-0.1, -0.05) is 36.0 Å². The van der Waals surface area contributed by atoms with Gasteiger partial charge >= 0.3 is 0 Å². The summed E-state index contributed by atoms with van der Waals surface area (Å²) in [4.78, 5) is 35.5. The van der Waals surface area contributed by atoms with Crippen molar-refractivity contribution >= 4 is 45.7 Å². The lowest BCUT2D eigenvalue weighted by molar-refractivity contribution is -0.384. The lowest BCUT2D eigenvalue weighted by Gasteiger charge is -2.09. The molecular formula is C20H16N6O4S. The van der Waals surface area contributed by atoms with Crippen LogP contribution in [0.2, 0.25) is 0 Å². The molecule has 0 radical (unpaired) electrons. The van der Waals surface area contributed by atoms with Crippen molar-refractivity contribution in [3.05, 3.63) is 81.7 Å². The van der Waals surface area contributed by atoms with Gasteiger partial charge in [0.2, 0.25) is 11.7 Å². The fourth-order valence-corrected chi connectivity index (χ4v) is 3.89. The molecule has 0 atom stereocenters. The van der Waals surface area contributed by atoms with Gasteiger partial charge in [0.25, 0.3) is 11.2 Å². The number of amides is 1. The number of allylic oxidation sites excluding steroid dienone is 1. The maximum Gasteiger partial charge on any atom is 0.271 e. The molecule has 1 amide bonds. The number of fused-ring (bicyclic) bond motifs is 3. The lowest BCUT2D eigenvalue weighted by atomic mass is 10.2. The van der Waals surface area contributed by atoms with Crippen LogP contribution < -0.4 is 10.9 Å². The molecule has 2 aromatic heterocycles. The third-order valence-electron chi connectivity index (χ3n) is 4.46. The fraction of sp³-hybridized carbons (Fsp3) is 0.100. The van der Waals surface area contributed by atoms with Crippen LogP contribution in [0.3, 0.4) is 0 Å². The van der Waals surface area contributed by atoms with Gasteiger partial charge in [-0.15, -0.1) is 16.8 Å². The molecule has 0 aliphatic heterocycles. The zero-order valence-corrected chi connectivity index (χ0v) is 16.9. The second kappa shape index (κ2) is 8.40. The minimum absolute atomic E-state index is 0.00159. The Morgan fingerprint density at radius 3 is 2.81 bits per heavy atom. The van der Waals surface area contributed by atoms with Crippen LogP contribution in [-0.2, 0) is 11.3 Å². The zero-order valence-electron chi connectivity index (χ0n) is 16.1. The van der Waals surface area contributed by atoms with Gasteiger partial charge in [0.15, 0.2) is 5.16 Å². The van der Waals surface area contributed by atoms with Crippen molar-refractivity contribution in [1.82, 2.24) is 19.2 Å². The lowest BCUT2D eigenvalue weighted by Crippen LogP contribution is -2.22. The number of nitrogens with one attached hydrogen (secondary N) is 1. The van der Waals surface area contributed by atoms with E-state index >= 15 is 0 Å². The molecule has 11 heteroatoms. The quantitative estimate of drug-likeness (QED) is 0.204. The van der Waals surface area contributed by atoms with E-state index in [0.29, 0.717) is 27.5 Å². The summed E-state index contributed by atoms with van der Waals surface area (Å²) in [6.45, 7) is 3.96. The number of hydrogen-bond acceptors (Lipinski definition) is 7. The second-order valence-electron chi connectivity index (χ2n) is 6.48. The van der Waals surface area contributed by atoms with Crippen molar-refractivity contribution in [1.29, 1.82) is 0 Å².